The molecule has 3 nitrogen and oxygen atoms in total. The van der Waals surface area contributed by atoms with Gasteiger partial charge in [0.15, 0.2) is 0 Å². The molecule has 26 heavy (non-hydrogen) atoms. The number of halogens is 1. The molecule has 1 aliphatic heterocycles. The first-order valence-corrected chi connectivity index (χ1v) is 8.71. The van der Waals surface area contributed by atoms with E-state index in [4.69, 9.17) is 21.1 Å². The van der Waals surface area contributed by atoms with E-state index >= 15 is 0 Å². The molecule has 0 saturated carbocycles. The van der Waals surface area contributed by atoms with Crippen molar-refractivity contribution in [2.24, 2.45) is 0 Å². The minimum absolute atomic E-state index is 0.447. The van der Waals surface area contributed by atoms with Crippen molar-refractivity contribution < 1.29 is 14.6 Å². The molecule has 0 aliphatic carbocycles. The van der Waals surface area contributed by atoms with Crippen molar-refractivity contribution in [1.82, 2.24) is 0 Å². The highest BCUT2D eigenvalue weighted by atomic mass is 35.5. The lowest BCUT2D eigenvalue weighted by Crippen LogP contribution is -1.99. The quantitative estimate of drug-likeness (QED) is 0.675. The fraction of sp³-hybridized carbons (Fsp3) is 0.0909. The van der Waals surface area contributed by atoms with E-state index in [1.165, 1.54) is 0 Å². The minimum Gasteiger partial charge on any atom is -0.488 e. The van der Waals surface area contributed by atoms with Crippen molar-refractivity contribution in [2.75, 3.05) is 0 Å². The van der Waals surface area contributed by atoms with Gasteiger partial charge >= 0.3 is 0 Å². The maximum atomic E-state index is 10.5. The maximum absolute atomic E-state index is 10.5. The normalized spacial score (nSPS) is 17.0. The molecular formula is C22H17ClO3. The molecule has 3 aromatic carbocycles. The molecule has 1 atom stereocenters. The molecule has 4 heteroatoms. The van der Waals surface area contributed by atoms with Gasteiger partial charge in [-0.25, -0.2) is 0 Å². The summed E-state index contributed by atoms with van der Waals surface area (Å²) < 4.78 is 11.8. The Morgan fingerprint density at radius 1 is 1.00 bits per heavy atom. The Morgan fingerprint density at radius 3 is 2.58 bits per heavy atom. The van der Waals surface area contributed by atoms with Gasteiger partial charge in [-0.05, 0) is 35.9 Å². The number of aliphatic hydroxyl groups excluding tert-OH is 1. The fourth-order valence-corrected chi connectivity index (χ4v) is 3.08. The molecule has 0 fully saturated rings. The van der Waals surface area contributed by atoms with Crippen LogP contribution in [0.4, 0.5) is 0 Å². The summed E-state index contributed by atoms with van der Waals surface area (Å²) in [6.07, 6.45) is 0.976. The van der Waals surface area contributed by atoms with Crippen molar-refractivity contribution in [3.05, 3.63) is 100 Å². The first-order valence-electron chi connectivity index (χ1n) is 8.33. The van der Waals surface area contributed by atoms with Crippen LogP contribution in [0.15, 0.2) is 78.6 Å². The lowest BCUT2D eigenvalue weighted by atomic mass is 10.1. The van der Waals surface area contributed by atoms with Gasteiger partial charge in [0.2, 0.25) is 0 Å². The van der Waals surface area contributed by atoms with Gasteiger partial charge in [-0.1, -0.05) is 60.1 Å². The summed E-state index contributed by atoms with van der Waals surface area (Å²) in [5.74, 6) is 1.80. The molecule has 1 unspecified atom stereocenters. The zero-order chi connectivity index (χ0) is 17.9. The monoisotopic (exact) mass is 364 g/mol. The van der Waals surface area contributed by atoms with Gasteiger partial charge in [0.1, 0.15) is 30.0 Å². The highest BCUT2D eigenvalue weighted by Crippen LogP contribution is 2.40. The summed E-state index contributed by atoms with van der Waals surface area (Å²) in [6.45, 7) is 0.447. The molecule has 1 N–H and O–H groups in total. The van der Waals surface area contributed by atoms with Crippen LogP contribution in [0.25, 0.3) is 6.08 Å². The van der Waals surface area contributed by atoms with Crippen LogP contribution in [0.5, 0.6) is 11.5 Å². The second-order valence-corrected chi connectivity index (χ2v) is 6.48. The van der Waals surface area contributed by atoms with E-state index in [-0.39, 0.29) is 0 Å². The van der Waals surface area contributed by atoms with E-state index in [0.29, 0.717) is 28.9 Å². The summed E-state index contributed by atoms with van der Waals surface area (Å²) in [4.78, 5) is 0. The summed E-state index contributed by atoms with van der Waals surface area (Å²) in [5, 5.41) is 11.1. The van der Waals surface area contributed by atoms with Crippen LogP contribution in [0, 0.1) is 0 Å². The van der Waals surface area contributed by atoms with Gasteiger partial charge in [-0.3, -0.25) is 0 Å². The molecule has 1 heterocycles. The van der Waals surface area contributed by atoms with Gasteiger partial charge in [0.05, 0.1) is 0 Å². The molecule has 0 bridgehead atoms. The van der Waals surface area contributed by atoms with E-state index in [1.54, 1.807) is 18.2 Å². The summed E-state index contributed by atoms with van der Waals surface area (Å²) >= 11 is 6.16. The number of aliphatic hydroxyl groups is 1. The second-order valence-electron chi connectivity index (χ2n) is 6.05. The Balaban J connectivity index is 1.61. The smallest absolute Gasteiger partial charge is 0.140 e. The van der Waals surface area contributed by atoms with Gasteiger partial charge < -0.3 is 14.6 Å². The molecule has 0 saturated heterocycles. The first kappa shape index (κ1) is 16.7. The second kappa shape index (κ2) is 7.24. The number of ether oxygens (including phenoxy) is 2. The summed E-state index contributed by atoms with van der Waals surface area (Å²) in [7, 11) is 0. The van der Waals surface area contributed by atoms with Crippen molar-refractivity contribution in [2.45, 2.75) is 12.7 Å². The van der Waals surface area contributed by atoms with Gasteiger partial charge in [-0.15, -0.1) is 0 Å². The van der Waals surface area contributed by atoms with Crippen molar-refractivity contribution in [1.29, 1.82) is 0 Å². The van der Waals surface area contributed by atoms with Crippen molar-refractivity contribution in [3.8, 4) is 11.5 Å². The third kappa shape index (κ3) is 3.45. The van der Waals surface area contributed by atoms with E-state index in [0.717, 1.165) is 16.7 Å². The van der Waals surface area contributed by atoms with E-state index in [9.17, 15) is 5.11 Å². The van der Waals surface area contributed by atoms with Gasteiger partial charge in [0.25, 0.3) is 0 Å². The van der Waals surface area contributed by atoms with Crippen LogP contribution < -0.4 is 9.47 Å². The van der Waals surface area contributed by atoms with Crippen LogP contribution >= 0.6 is 11.6 Å². The number of benzene rings is 3. The molecular weight excluding hydrogens is 348 g/mol. The van der Waals surface area contributed by atoms with E-state index < -0.39 is 6.10 Å². The molecule has 0 spiro atoms. The maximum Gasteiger partial charge on any atom is 0.140 e. The Morgan fingerprint density at radius 2 is 1.77 bits per heavy atom. The molecule has 0 radical (unpaired) electrons. The van der Waals surface area contributed by atoms with E-state index in [2.05, 4.69) is 0 Å². The fourth-order valence-electron chi connectivity index (χ4n) is 2.90. The van der Waals surface area contributed by atoms with Gasteiger partial charge in [-0.2, -0.15) is 0 Å². The lowest BCUT2D eigenvalue weighted by Gasteiger charge is -2.11. The van der Waals surface area contributed by atoms with Crippen molar-refractivity contribution >= 4 is 17.7 Å². The molecule has 0 aromatic heterocycles. The molecule has 4 rings (SSSR count). The minimum atomic E-state index is -0.799. The summed E-state index contributed by atoms with van der Waals surface area (Å²) in [5.41, 5.74) is 2.59. The average Bonchev–Trinajstić information content (AvgIpc) is 2.98. The standard InChI is InChI=1S/C22H17ClO3/c23-17-10-11-19(25-14-15-6-2-1-3-7-15)16(12-17)13-21-22(24)18-8-4-5-9-20(18)26-21/h1-13,22,24H,14H2/b21-13-. The lowest BCUT2D eigenvalue weighted by molar-refractivity contribution is 0.193. The molecule has 3 aromatic rings. The van der Waals surface area contributed by atoms with Gasteiger partial charge in [0, 0.05) is 16.1 Å². The van der Waals surface area contributed by atoms with Crippen LogP contribution in [0.3, 0.4) is 0 Å². The third-order valence-corrected chi connectivity index (χ3v) is 4.45. The van der Waals surface area contributed by atoms with E-state index in [1.807, 2.05) is 60.7 Å². The topological polar surface area (TPSA) is 38.7 Å². The molecule has 1 aliphatic rings. The van der Waals surface area contributed by atoms with Crippen molar-refractivity contribution in [3.63, 3.8) is 0 Å². The predicted octanol–water partition coefficient (Wildman–Crippen LogP) is 5.39. The van der Waals surface area contributed by atoms with Crippen LogP contribution in [-0.2, 0) is 6.61 Å². The number of hydrogen-bond donors (Lipinski definition) is 1. The van der Waals surface area contributed by atoms with Crippen LogP contribution in [-0.4, -0.2) is 5.11 Å². The Hall–Kier alpha value is -2.75. The zero-order valence-corrected chi connectivity index (χ0v) is 14.7. The number of fused-ring (bicyclic) bond motifs is 1. The Bertz CT molecular complexity index is 951. The molecule has 0 amide bonds. The number of hydrogen-bond acceptors (Lipinski definition) is 3. The third-order valence-electron chi connectivity index (χ3n) is 4.22. The first-order chi connectivity index (χ1) is 12.7. The average molecular weight is 365 g/mol. The highest BCUT2D eigenvalue weighted by molar-refractivity contribution is 6.30. The largest absolute Gasteiger partial charge is 0.488 e. The Kier molecular flexibility index (Phi) is 4.65. The number of para-hydroxylation sites is 1. The number of rotatable bonds is 4. The summed E-state index contributed by atoms with van der Waals surface area (Å²) in [6, 6.07) is 22.8. The zero-order valence-electron chi connectivity index (χ0n) is 13.9. The van der Waals surface area contributed by atoms with Crippen LogP contribution in [0.1, 0.15) is 22.8 Å². The predicted molar refractivity (Wildman–Crippen MR) is 102 cm³/mol. The molecule has 130 valence electrons. The Labute approximate surface area is 157 Å². The highest BCUT2D eigenvalue weighted by Gasteiger charge is 2.27. The van der Waals surface area contributed by atoms with Crippen LogP contribution in [0.2, 0.25) is 5.02 Å². The SMILES string of the molecule is OC1/C(=C/c2cc(Cl)ccc2OCc2ccccc2)Oc2ccccc21.